The third-order valence-corrected chi connectivity index (χ3v) is 6.49. The first kappa shape index (κ1) is 19.8. The van der Waals surface area contributed by atoms with Crippen LogP contribution in [-0.2, 0) is 26.6 Å². The predicted molar refractivity (Wildman–Crippen MR) is 117 cm³/mol. The second-order valence-corrected chi connectivity index (χ2v) is 8.62. The highest BCUT2D eigenvalue weighted by Crippen LogP contribution is 2.29. The summed E-state index contributed by atoms with van der Waals surface area (Å²) in [6.45, 7) is 1.94. The number of nitrogens with one attached hydrogen (secondary N) is 1. The molecule has 162 valence electrons. The van der Waals surface area contributed by atoms with E-state index in [0.29, 0.717) is 25.7 Å². The smallest absolute Gasteiger partial charge is 0.317 e. The lowest BCUT2D eigenvalue weighted by Gasteiger charge is -2.31. The number of urea groups is 1. The minimum atomic E-state index is 0.0399. The highest BCUT2D eigenvalue weighted by molar-refractivity contribution is 5.75. The Morgan fingerprint density at radius 3 is 2.77 bits per heavy atom. The Kier molecular flexibility index (Phi) is 5.44. The Bertz CT molecular complexity index is 1050. The van der Waals surface area contributed by atoms with Crippen LogP contribution < -0.4 is 5.32 Å². The number of carbonyl (C=O) groups is 1. The van der Waals surface area contributed by atoms with Crippen molar-refractivity contribution in [3.8, 4) is 11.5 Å². The topological polar surface area (TPSA) is 80.9 Å². The van der Waals surface area contributed by atoms with E-state index in [1.54, 1.807) is 6.33 Å². The molecule has 3 heterocycles. The molecule has 1 aromatic carbocycles. The first-order valence-corrected chi connectivity index (χ1v) is 11.2. The number of rotatable bonds is 4. The molecule has 0 saturated heterocycles. The Labute approximate surface area is 182 Å². The summed E-state index contributed by atoms with van der Waals surface area (Å²) in [5.41, 5.74) is 4.25. The molecule has 2 aliphatic rings. The number of hydrogen-bond acceptors (Lipinski definition) is 4. The van der Waals surface area contributed by atoms with E-state index < -0.39 is 0 Å². The van der Waals surface area contributed by atoms with Crippen molar-refractivity contribution in [2.75, 3.05) is 6.54 Å². The minimum absolute atomic E-state index is 0.0399. The van der Waals surface area contributed by atoms with Gasteiger partial charge in [0.25, 0.3) is 0 Å². The first-order chi connectivity index (χ1) is 15.2. The third kappa shape index (κ3) is 4.06. The van der Waals surface area contributed by atoms with Crippen LogP contribution >= 0.6 is 0 Å². The van der Waals surface area contributed by atoms with E-state index in [1.807, 2.05) is 39.4 Å². The van der Waals surface area contributed by atoms with Crippen molar-refractivity contribution in [2.45, 2.75) is 57.7 Å². The van der Waals surface area contributed by atoms with Crippen LogP contribution in [0.1, 0.15) is 48.9 Å². The lowest BCUT2D eigenvalue weighted by atomic mass is 9.95. The van der Waals surface area contributed by atoms with Crippen molar-refractivity contribution >= 4 is 6.03 Å². The molecule has 0 bridgehead atoms. The normalized spacial score (nSPS) is 16.9. The number of aromatic nitrogens is 5. The standard InChI is InChI=1S/C23H29N7O/c1-28-20-12-13-29(23(31)25-18-10-6-3-7-11-18)15-19(20)21(27-28)22-26-24-16-30(22)14-17-8-4-2-5-9-17/h2,4-5,8-9,16,18H,3,6-7,10-15H2,1H3,(H,25,31). The zero-order valence-corrected chi connectivity index (χ0v) is 18.0. The molecule has 1 aliphatic carbocycles. The molecule has 0 radical (unpaired) electrons. The number of carbonyl (C=O) groups excluding carboxylic acids is 1. The van der Waals surface area contributed by atoms with Gasteiger partial charge in [0.1, 0.15) is 12.0 Å². The fourth-order valence-electron chi connectivity index (χ4n) is 4.79. The summed E-state index contributed by atoms with van der Waals surface area (Å²) in [5, 5.41) is 16.6. The van der Waals surface area contributed by atoms with Crippen LogP contribution in [0.25, 0.3) is 11.5 Å². The third-order valence-electron chi connectivity index (χ3n) is 6.49. The van der Waals surface area contributed by atoms with Crippen molar-refractivity contribution in [2.24, 2.45) is 7.05 Å². The van der Waals surface area contributed by atoms with Gasteiger partial charge in [0.2, 0.25) is 0 Å². The van der Waals surface area contributed by atoms with Gasteiger partial charge in [0, 0.05) is 37.3 Å². The Balaban J connectivity index is 1.38. The average molecular weight is 420 g/mol. The number of benzene rings is 1. The molecule has 1 aliphatic heterocycles. The van der Waals surface area contributed by atoms with Crippen molar-refractivity contribution in [1.29, 1.82) is 0 Å². The second-order valence-electron chi connectivity index (χ2n) is 8.62. The van der Waals surface area contributed by atoms with E-state index >= 15 is 0 Å². The van der Waals surface area contributed by atoms with Crippen LogP contribution in [-0.4, -0.2) is 48.1 Å². The lowest BCUT2D eigenvalue weighted by molar-refractivity contribution is 0.184. The molecular weight excluding hydrogens is 390 g/mol. The SMILES string of the molecule is Cn1nc(-c2nncn2Cc2ccccc2)c2c1CCN(C(=O)NC1CCCCC1)C2. The van der Waals surface area contributed by atoms with Crippen LogP contribution in [0.15, 0.2) is 36.7 Å². The van der Waals surface area contributed by atoms with Crippen LogP contribution in [0.5, 0.6) is 0 Å². The van der Waals surface area contributed by atoms with E-state index in [9.17, 15) is 4.79 Å². The van der Waals surface area contributed by atoms with Gasteiger partial charge >= 0.3 is 6.03 Å². The van der Waals surface area contributed by atoms with Gasteiger partial charge in [-0.3, -0.25) is 4.68 Å². The average Bonchev–Trinajstić information content (AvgIpc) is 3.38. The van der Waals surface area contributed by atoms with Crippen molar-refractivity contribution in [3.05, 3.63) is 53.5 Å². The van der Waals surface area contributed by atoms with Crippen molar-refractivity contribution < 1.29 is 4.79 Å². The van der Waals surface area contributed by atoms with E-state index in [2.05, 4.69) is 27.6 Å². The molecule has 2 aromatic heterocycles. The Morgan fingerprint density at radius 1 is 1.16 bits per heavy atom. The summed E-state index contributed by atoms with van der Waals surface area (Å²) in [4.78, 5) is 14.9. The molecule has 5 rings (SSSR count). The van der Waals surface area contributed by atoms with Gasteiger partial charge < -0.3 is 14.8 Å². The van der Waals surface area contributed by atoms with Gasteiger partial charge in [0.05, 0.1) is 13.1 Å². The minimum Gasteiger partial charge on any atom is -0.335 e. The molecule has 0 unspecified atom stereocenters. The molecule has 8 nitrogen and oxygen atoms in total. The van der Waals surface area contributed by atoms with E-state index in [-0.39, 0.29) is 6.03 Å². The fourth-order valence-corrected chi connectivity index (χ4v) is 4.79. The van der Waals surface area contributed by atoms with Gasteiger partial charge in [-0.25, -0.2) is 4.79 Å². The summed E-state index contributed by atoms with van der Waals surface area (Å²) >= 11 is 0. The van der Waals surface area contributed by atoms with E-state index in [0.717, 1.165) is 36.3 Å². The summed E-state index contributed by atoms with van der Waals surface area (Å²) in [6, 6.07) is 10.6. The van der Waals surface area contributed by atoms with Crippen LogP contribution in [0.3, 0.4) is 0 Å². The summed E-state index contributed by atoms with van der Waals surface area (Å²) < 4.78 is 3.96. The fraction of sp³-hybridized carbons (Fsp3) is 0.478. The lowest BCUT2D eigenvalue weighted by Crippen LogP contribution is -2.47. The molecule has 1 N–H and O–H groups in total. The van der Waals surface area contributed by atoms with Crippen molar-refractivity contribution in [3.63, 3.8) is 0 Å². The number of fused-ring (bicyclic) bond motifs is 1. The molecule has 31 heavy (non-hydrogen) atoms. The maximum absolute atomic E-state index is 12.9. The Morgan fingerprint density at radius 2 is 1.97 bits per heavy atom. The second kappa shape index (κ2) is 8.53. The van der Waals surface area contributed by atoms with Gasteiger partial charge in [-0.15, -0.1) is 10.2 Å². The predicted octanol–water partition coefficient (Wildman–Crippen LogP) is 3.13. The van der Waals surface area contributed by atoms with E-state index in [1.165, 1.54) is 30.5 Å². The Hall–Kier alpha value is -3.16. The number of hydrogen-bond donors (Lipinski definition) is 1. The molecule has 3 aromatic rings. The quantitative estimate of drug-likeness (QED) is 0.705. The first-order valence-electron chi connectivity index (χ1n) is 11.2. The molecule has 2 amide bonds. The summed E-state index contributed by atoms with van der Waals surface area (Å²) in [6.07, 6.45) is 8.42. The van der Waals surface area contributed by atoms with Crippen LogP contribution in [0, 0.1) is 0 Å². The number of amides is 2. The maximum atomic E-state index is 12.9. The monoisotopic (exact) mass is 419 g/mol. The molecule has 1 fully saturated rings. The van der Waals surface area contributed by atoms with Crippen LogP contribution in [0.4, 0.5) is 4.79 Å². The largest absolute Gasteiger partial charge is 0.335 e. The zero-order chi connectivity index (χ0) is 21.2. The summed E-state index contributed by atoms with van der Waals surface area (Å²) in [7, 11) is 1.97. The molecule has 0 atom stereocenters. The van der Waals surface area contributed by atoms with Crippen molar-refractivity contribution in [1.82, 2.24) is 34.8 Å². The number of nitrogens with zero attached hydrogens (tertiary/aromatic N) is 6. The highest BCUT2D eigenvalue weighted by Gasteiger charge is 2.30. The molecule has 1 saturated carbocycles. The van der Waals surface area contributed by atoms with Gasteiger partial charge in [0.15, 0.2) is 5.82 Å². The van der Waals surface area contributed by atoms with E-state index in [4.69, 9.17) is 5.10 Å². The molecular formula is C23H29N7O. The van der Waals surface area contributed by atoms with Gasteiger partial charge in [-0.05, 0) is 18.4 Å². The molecule has 8 heteroatoms. The molecule has 0 spiro atoms. The maximum Gasteiger partial charge on any atom is 0.317 e. The van der Waals surface area contributed by atoms with Crippen LogP contribution in [0.2, 0.25) is 0 Å². The number of aryl methyl sites for hydroxylation is 1. The zero-order valence-electron chi connectivity index (χ0n) is 18.0. The van der Waals surface area contributed by atoms with Gasteiger partial charge in [-0.1, -0.05) is 49.6 Å². The summed E-state index contributed by atoms with van der Waals surface area (Å²) in [5.74, 6) is 0.746. The van der Waals surface area contributed by atoms with Gasteiger partial charge in [-0.2, -0.15) is 5.10 Å². The highest BCUT2D eigenvalue weighted by atomic mass is 16.2.